The Hall–Kier alpha value is -4.28. The van der Waals surface area contributed by atoms with Gasteiger partial charge in [0.2, 0.25) is 5.91 Å². The first-order valence-electron chi connectivity index (χ1n) is 12.7. The van der Waals surface area contributed by atoms with Crippen LogP contribution in [0.2, 0.25) is 0 Å². The molecule has 2 N–H and O–H groups in total. The first-order valence-corrected chi connectivity index (χ1v) is 12.7. The number of nitrogens with zero attached hydrogens (tertiary/aromatic N) is 4. The number of nitrogens with one attached hydrogen (secondary N) is 2. The molecule has 2 unspecified atom stereocenters. The predicted octanol–water partition coefficient (Wildman–Crippen LogP) is 5.61. The van der Waals surface area contributed by atoms with Gasteiger partial charge in [0.25, 0.3) is 0 Å². The summed E-state index contributed by atoms with van der Waals surface area (Å²) in [5.41, 5.74) is 4.62. The van der Waals surface area contributed by atoms with E-state index in [1.807, 2.05) is 77.6 Å². The summed E-state index contributed by atoms with van der Waals surface area (Å²) in [6.45, 7) is 2.69. The minimum absolute atomic E-state index is 0.157. The number of carbonyl (C=O) groups is 1. The zero-order valence-corrected chi connectivity index (χ0v) is 20.8. The lowest BCUT2D eigenvalue weighted by Crippen LogP contribution is -2.35. The van der Waals surface area contributed by atoms with Crippen molar-refractivity contribution in [3.05, 3.63) is 102 Å². The molecule has 1 amide bonds. The molecule has 4 aromatic rings. The molecule has 0 aliphatic heterocycles. The number of rotatable bonds is 9. The second-order valence-corrected chi connectivity index (χ2v) is 9.60. The molecule has 2 heterocycles. The van der Waals surface area contributed by atoms with E-state index in [9.17, 15) is 4.79 Å². The summed E-state index contributed by atoms with van der Waals surface area (Å²) < 4.78 is 2.05. The van der Waals surface area contributed by atoms with Crippen molar-refractivity contribution >= 4 is 11.7 Å². The Morgan fingerprint density at radius 2 is 1.81 bits per heavy atom. The third-order valence-electron chi connectivity index (χ3n) is 7.03. The highest BCUT2D eigenvalue weighted by Gasteiger charge is 2.22. The molecule has 2 aromatic heterocycles. The number of benzene rings is 2. The van der Waals surface area contributed by atoms with Crippen LogP contribution in [-0.4, -0.2) is 27.2 Å². The van der Waals surface area contributed by atoms with Gasteiger partial charge < -0.3 is 10.6 Å². The molecule has 5 rings (SSSR count). The van der Waals surface area contributed by atoms with Crippen LogP contribution in [0.3, 0.4) is 0 Å². The Morgan fingerprint density at radius 1 is 1.03 bits per heavy atom. The van der Waals surface area contributed by atoms with Crippen LogP contribution in [0.4, 0.5) is 5.82 Å². The molecule has 0 bridgehead atoms. The number of pyridine rings is 1. The van der Waals surface area contributed by atoms with Gasteiger partial charge in [0.1, 0.15) is 11.9 Å². The van der Waals surface area contributed by atoms with Crippen LogP contribution in [0.25, 0.3) is 11.1 Å². The van der Waals surface area contributed by atoms with E-state index < -0.39 is 6.04 Å². The van der Waals surface area contributed by atoms with E-state index in [1.165, 1.54) is 19.3 Å². The Bertz CT molecular complexity index is 1370. The fraction of sp³-hybridized carbons (Fsp3) is 0.267. The van der Waals surface area contributed by atoms with Gasteiger partial charge in [-0.05, 0) is 60.6 Å². The summed E-state index contributed by atoms with van der Waals surface area (Å²) in [4.78, 5) is 17.9. The van der Waals surface area contributed by atoms with Crippen LogP contribution >= 0.6 is 0 Å². The zero-order chi connectivity index (χ0) is 25.6. The highest BCUT2D eigenvalue weighted by molar-refractivity contribution is 5.95. The Kier molecular flexibility index (Phi) is 7.38. The van der Waals surface area contributed by atoms with E-state index in [0.29, 0.717) is 24.0 Å². The summed E-state index contributed by atoms with van der Waals surface area (Å²) in [7, 11) is 0. The third-order valence-corrected chi connectivity index (χ3v) is 7.03. The van der Waals surface area contributed by atoms with Crippen molar-refractivity contribution in [3.8, 4) is 17.2 Å². The molecule has 1 fully saturated rings. The number of hydrogen-bond donors (Lipinski definition) is 2. The van der Waals surface area contributed by atoms with Gasteiger partial charge in [0.05, 0.1) is 23.9 Å². The number of aromatic nitrogens is 3. The summed E-state index contributed by atoms with van der Waals surface area (Å²) in [5.74, 6) is 0.490. The van der Waals surface area contributed by atoms with E-state index in [0.717, 1.165) is 22.3 Å². The van der Waals surface area contributed by atoms with Crippen molar-refractivity contribution in [1.29, 1.82) is 5.26 Å². The molecule has 2 aromatic carbocycles. The number of anilines is 1. The lowest BCUT2D eigenvalue weighted by atomic mass is 9.93. The largest absolute Gasteiger partial charge is 0.309 e. The molecule has 7 nitrogen and oxygen atoms in total. The monoisotopic (exact) mass is 490 g/mol. The molecule has 1 aliphatic carbocycles. The van der Waals surface area contributed by atoms with Crippen LogP contribution in [0.1, 0.15) is 60.9 Å². The summed E-state index contributed by atoms with van der Waals surface area (Å²) >= 11 is 0. The minimum atomic E-state index is -0.538. The fourth-order valence-electron chi connectivity index (χ4n) is 4.48. The quantitative estimate of drug-likeness (QED) is 0.318. The standard InChI is InChI=1S/C30H30N6O/c1-21(23-12-10-22(16-31)11-13-23)17-33-29(24-6-3-2-4-7-24)30(37)35-28-15-14-25(18-32-28)26-19-34-36(20-26)27-8-5-9-27/h2-4,6-7,10-15,18-21,27,29,33H,5,8-9,17H2,1H3,(H,32,35,37). The van der Waals surface area contributed by atoms with Crippen molar-refractivity contribution in [1.82, 2.24) is 20.1 Å². The molecule has 0 radical (unpaired) electrons. The van der Waals surface area contributed by atoms with Crippen molar-refractivity contribution in [2.24, 2.45) is 0 Å². The number of nitriles is 1. The fourth-order valence-corrected chi connectivity index (χ4v) is 4.48. The van der Waals surface area contributed by atoms with Crippen molar-refractivity contribution < 1.29 is 4.79 Å². The average molecular weight is 491 g/mol. The van der Waals surface area contributed by atoms with Gasteiger partial charge in [-0.3, -0.25) is 9.48 Å². The van der Waals surface area contributed by atoms with Gasteiger partial charge in [0, 0.05) is 30.1 Å². The third kappa shape index (κ3) is 5.76. The maximum atomic E-state index is 13.4. The molecule has 186 valence electrons. The van der Waals surface area contributed by atoms with Crippen LogP contribution in [0, 0.1) is 11.3 Å². The summed E-state index contributed by atoms with van der Waals surface area (Å²) in [6.07, 6.45) is 9.36. The number of hydrogen-bond acceptors (Lipinski definition) is 5. The van der Waals surface area contributed by atoms with E-state index in [2.05, 4.69) is 39.9 Å². The zero-order valence-electron chi connectivity index (χ0n) is 20.8. The van der Waals surface area contributed by atoms with E-state index in [1.54, 1.807) is 6.20 Å². The minimum Gasteiger partial charge on any atom is -0.309 e. The topological polar surface area (TPSA) is 95.6 Å². The lowest BCUT2D eigenvalue weighted by molar-refractivity contribution is -0.118. The molecule has 37 heavy (non-hydrogen) atoms. The first-order chi connectivity index (χ1) is 18.1. The maximum Gasteiger partial charge on any atom is 0.247 e. The highest BCUT2D eigenvalue weighted by Crippen LogP contribution is 2.32. The first kappa shape index (κ1) is 24.4. The van der Waals surface area contributed by atoms with Crippen molar-refractivity contribution in [2.75, 3.05) is 11.9 Å². The normalized spacial score (nSPS) is 14.8. The Labute approximate surface area is 217 Å². The second-order valence-electron chi connectivity index (χ2n) is 9.60. The summed E-state index contributed by atoms with van der Waals surface area (Å²) in [5, 5.41) is 19.9. The molecule has 1 saturated carbocycles. The smallest absolute Gasteiger partial charge is 0.247 e. The van der Waals surface area contributed by atoms with Gasteiger partial charge in [0.15, 0.2) is 0 Å². The molecule has 2 atom stereocenters. The van der Waals surface area contributed by atoms with Crippen LogP contribution < -0.4 is 10.6 Å². The Balaban J connectivity index is 1.25. The van der Waals surface area contributed by atoms with Crippen LogP contribution in [0.5, 0.6) is 0 Å². The van der Waals surface area contributed by atoms with E-state index in [4.69, 9.17) is 5.26 Å². The predicted molar refractivity (Wildman–Crippen MR) is 144 cm³/mol. The van der Waals surface area contributed by atoms with E-state index in [-0.39, 0.29) is 11.8 Å². The molecule has 7 heteroatoms. The number of carbonyl (C=O) groups excluding carboxylic acids is 1. The number of amides is 1. The SMILES string of the molecule is CC(CNC(C(=O)Nc1ccc(-c2cnn(C3CCC3)c2)cn1)c1ccccc1)c1ccc(C#N)cc1. The molecular weight excluding hydrogens is 460 g/mol. The Morgan fingerprint density at radius 3 is 2.46 bits per heavy atom. The lowest BCUT2D eigenvalue weighted by Gasteiger charge is -2.25. The van der Waals surface area contributed by atoms with Crippen molar-refractivity contribution in [2.45, 2.75) is 44.2 Å². The highest BCUT2D eigenvalue weighted by atomic mass is 16.2. The average Bonchev–Trinajstić information content (AvgIpc) is 3.38. The summed E-state index contributed by atoms with van der Waals surface area (Å²) in [6, 6.07) is 23.2. The van der Waals surface area contributed by atoms with Gasteiger partial charge in [-0.1, -0.05) is 49.4 Å². The maximum absolute atomic E-state index is 13.4. The van der Waals surface area contributed by atoms with E-state index >= 15 is 0 Å². The van der Waals surface area contributed by atoms with Crippen LogP contribution in [0.15, 0.2) is 85.3 Å². The van der Waals surface area contributed by atoms with Gasteiger partial charge in [-0.15, -0.1) is 0 Å². The van der Waals surface area contributed by atoms with Crippen molar-refractivity contribution in [3.63, 3.8) is 0 Å². The molecule has 0 saturated heterocycles. The molecule has 0 spiro atoms. The van der Waals surface area contributed by atoms with Gasteiger partial charge >= 0.3 is 0 Å². The molecular formula is C30H30N6O. The second kappa shape index (κ2) is 11.2. The van der Waals surface area contributed by atoms with Crippen LogP contribution in [-0.2, 0) is 4.79 Å². The van der Waals surface area contributed by atoms with Gasteiger partial charge in [-0.25, -0.2) is 4.98 Å². The molecule has 1 aliphatic rings. The van der Waals surface area contributed by atoms with Gasteiger partial charge in [-0.2, -0.15) is 10.4 Å².